The Morgan fingerprint density at radius 3 is 2.35 bits per heavy atom. The minimum absolute atomic E-state index is 0.322. The lowest BCUT2D eigenvalue weighted by Crippen LogP contribution is -2.29. The first kappa shape index (κ1) is 22.3. The topological polar surface area (TPSA) is 116 Å². The average Bonchev–Trinajstić information content (AvgIpc) is 3.59. The quantitative estimate of drug-likeness (QED) is 0.584. The van der Waals surface area contributed by atoms with Gasteiger partial charge < -0.3 is 26.2 Å². The third kappa shape index (κ3) is 6.84. The number of anilines is 4. The molecule has 1 aliphatic carbocycles. The summed E-state index contributed by atoms with van der Waals surface area (Å²) in [6.07, 6.45) is 8.25. The molecule has 0 radical (unpaired) electrons. The van der Waals surface area contributed by atoms with Crippen molar-refractivity contribution in [2.45, 2.75) is 38.1 Å². The third-order valence-corrected chi connectivity index (χ3v) is 5.03. The number of nitrogens with one attached hydrogen (secondary N) is 2. The third-order valence-electron chi connectivity index (χ3n) is 5.03. The molecule has 166 valence electrons. The Labute approximate surface area is 183 Å². The summed E-state index contributed by atoms with van der Waals surface area (Å²) in [5, 5.41) is 6.45. The van der Waals surface area contributed by atoms with Gasteiger partial charge >= 0.3 is 0 Å². The van der Waals surface area contributed by atoms with Gasteiger partial charge in [0.05, 0.1) is 5.56 Å². The molecule has 31 heavy (non-hydrogen) atoms. The van der Waals surface area contributed by atoms with Crippen LogP contribution in [0, 0.1) is 0 Å². The molecule has 2 heterocycles. The van der Waals surface area contributed by atoms with E-state index in [0.717, 1.165) is 38.0 Å². The first-order chi connectivity index (χ1) is 15.0. The highest BCUT2D eigenvalue weighted by atomic mass is 16.1. The van der Waals surface area contributed by atoms with Crippen molar-refractivity contribution < 1.29 is 9.59 Å². The summed E-state index contributed by atoms with van der Waals surface area (Å²) in [5.74, 6) is 0.428. The Balaban J connectivity index is 0.000000491. The summed E-state index contributed by atoms with van der Waals surface area (Å²) < 4.78 is 0. The molecule has 1 aliphatic heterocycles. The molecule has 1 aromatic heterocycles. The van der Waals surface area contributed by atoms with Crippen LogP contribution in [0.5, 0.6) is 0 Å². The summed E-state index contributed by atoms with van der Waals surface area (Å²) in [4.78, 5) is 33.5. The molecular formula is C22H31N7O2. The molecule has 2 amide bonds. The van der Waals surface area contributed by atoms with Gasteiger partial charge in [0.1, 0.15) is 5.82 Å². The van der Waals surface area contributed by atoms with Gasteiger partial charge in [-0.3, -0.25) is 9.59 Å². The maximum atomic E-state index is 11.6. The van der Waals surface area contributed by atoms with Gasteiger partial charge in [-0.2, -0.15) is 4.98 Å². The van der Waals surface area contributed by atoms with Crippen LogP contribution in [-0.4, -0.2) is 60.4 Å². The van der Waals surface area contributed by atoms with E-state index < -0.39 is 5.91 Å². The van der Waals surface area contributed by atoms with Gasteiger partial charge in [-0.25, -0.2) is 4.98 Å². The summed E-state index contributed by atoms with van der Waals surface area (Å²) in [6, 6.07) is 8.68. The number of amides is 2. The van der Waals surface area contributed by atoms with E-state index in [1.807, 2.05) is 12.1 Å². The fourth-order valence-corrected chi connectivity index (χ4v) is 3.19. The molecule has 1 aromatic carbocycles. The van der Waals surface area contributed by atoms with Crippen LogP contribution in [0.3, 0.4) is 0 Å². The fourth-order valence-electron chi connectivity index (χ4n) is 3.19. The van der Waals surface area contributed by atoms with Gasteiger partial charge in [0, 0.05) is 50.8 Å². The number of nitrogens with zero attached hydrogens (tertiary/aromatic N) is 4. The minimum Gasteiger partial charge on any atom is -0.372 e. The van der Waals surface area contributed by atoms with Gasteiger partial charge in [0.25, 0.3) is 5.91 Å². The highest BCUT2D eigenvalue weighted by Crippen LogP contribution is 2.27. The Hall–Kier alpha value is -3.36. The normalized spacial score (nSPS) is 15.4. The maximum absolute atomic E-state index is 11.6. The zero-order chi connectivity index (χ0) is 22.2. The number of nitrogens with two attached hydrogens (primary N) is 1. The summed E-state index contributed by atoms with van der Waals surface area (Å²) in [7, 11) is 3.38. The van der Waals surface area contributed by atoms with Gasteiger partial charge in [-0.05, 0) is 56.4 Å². The molecule has 9 nitrogen and oxygen atoms in total. The Bertz CT molecular complexity index is 876. The van der Waals surface area contributed by atoms with Crippen molar-refractivity contribution in [3.63, 3.8) is 0 Å². The highest BCUT2D eigenvalue weighted by Gasteiger charge is 2.24. The molecule has 0 bridgehead atoms. The molecule has 0 spiro atoms. The predicted octanol–water partition coefficient (Wildman–Crippen LogP) is 2.59. The molecule has 0 atom stereocenters. The fraction of sp³-hybridized carbons (Fsp3) is 0.455. The predicted molar refractivity (Wildman–Crippen MR) is 123 cm³/mol. The van der Waals surface area contributed by atoms with Crippen LogP contribution in [0.15, 0.2) is 30.5 Å². The van der Waals surface area contributed by atoms with Gasteiger partial charge in [-0.1, -0.05) is 0 Å². The lowest BCUT2D eigenvalue weighted by molar-refractivity contribution is -0.115. The van der Waals surface area contributed by atoms with Crippen LogP contribution in [0.25, 0.3) is 0 Å². The molecule has 4 N–H and O–H groups in total. The summed E-state index contributed by atoms with van der Waals surface area (Å²) in [5.41, 5.74) is 7.90. The standard InChI is InChI=1S/C19H24N6O.C3H7NO/c20-17(26)16-12-21-19(24-18(16)22-13-4-5-13)23-14-6-8-15(9-7-14)25-10-2-1-3-11-25;1-4(2)3-5/h6-9,12-13H,1-5,10-11H2,(H2,20,26)(H2,21,22,23,24);3H,1-2H3. The Kier molecular flexibility index (Phi) is 7.64. The minimum atomic E-state index is -0.523. The zero-order valence-electron chi connectivity index (χ0n) is 18.2. The summed E-state index contributed by atoms with van der Waals surface area (Å²) in [6.45, 7) is 2.25. The van der Waals surface area contributed by atoms with E-state index in [9.17, 15) is 9.59 Å². The second-order valence-electron chi connectivity index (χ2n) is 8.03. The lowest BCUT2D eigenvalue weighted by atomic mass is 10.1. The molecular weight excluding hydrogens is 394 g/mol. The van der Waals surface area contributed by atoms with Crippen LogP contribution >= 0.6 is 0 Å². The van der Waals surface area contributed by atoms with E-state index in [1.54, 1.807) is 14.1 Å². The molecule has 1 saturated carbocycles. The lowest BCUT2D eigenvalue weighted by Gasteiger charge is -2.28. The van der Waals surface area contributed by atoms with Crippen molar-refractivity contribution in [1.29, 1.82) is 0 Å². The van der Waals surface area contributed by atoms with Crippen molar-refractivity contribution >= 4 is 35.5 Å². The highest BCUT2D eigenvalue weighted by molar-refractivity contribution is 5.97. The Morgan fingerprint density at radius 1 is 1.16 bits per heavy atom. The monoisotopic (exact) mass is 425 g/mol. The molecule has 1 saturated heterocycles. The molecule has 0 unspecified atom stereocenters. The largest absolute Gasteiger partial charge is 0.372 e. The van der Waals surface area contributed by atoms with Gasteiger partial charge in [-0.15, -0.1) is 0 Å². The van der Waals surface area contributed by atoms with Crippen molar-refractivity contribution in [2.24, 2.45) is 5.73 Å². The number of piperidine rings is 1. The number of aromatic nitrogens is 2. The number of carbonyl (C=O) groups excluding carboxylic acids is 2. The van der Waals surface area contributed by atoms with E-state index in [4.69, 9.17) is 5.73 Å². The van der Waals surface area contributed by atoms with Crippen LogP contribution < -0.4 is 21.3 Å². The average molecular weight is 426 g/mol. The van der Waals surface area contributed by atoms with E-state index in [-0.39, 0.29) is 0 Å². The summed E-state index contributed by atoms with van der Waals surface area (Å²) >= 11 is 0. The second kappa shape index (κ2) is 10.6. The number of carbonyl (C=O) groups is 2. The van der Waals surface area contributed by atoms with Crippen LogP contribution in [-0.2, 0) is 4.79 Å². The maximum Gasteiger partial charge on any atom is 0.254 e. The van der Waals surface area contributed by atoms with E-state index in [0.29, 0.717) is 23.4 Å². The molecule has 4 rings (SSSR count). The van der Waals surface area contributed by atoms with E-state index >= 15 is 0 Å². The van der Waals surface area contributed by atoms with Crippen molar-refractivity contribution in [2.75, 3.05) is 42.7 Å². The van der Waals surface area contributed by atoms with Gasteiger partial charge in [0.15, 0.2) is 0 Å². The van der Waals surface area contributed by atoms with Gasteiger partial charge in [0.2, 0.25) is 12.4 Å². The smallest absolute Gasteiger partial charge is 0.254 e. The van der Waals surface area contributed by atoms with Crippen LogP contribution in [0.2, 0.25) is 0 Å². The number of hydrogen-bond acceptors (Lipinski definition) is 7. The van der Waals surface area contributed by atoms with Crippen molar-refractivity contribution in [1.82, 2.24) is 14.9 Å². The zero-order valence-corrected chi connectivity index (χ0v) is 18.2. The number of benzene rings is 1. The first-order valence-electron chi connectivity index (χ1n) is 10.6. The molecule has 2 fully saturated rings. The number of primary amides is 1. The SMILES string of the molecule is CN(C)C=O.NC(=O)c1cnc(Nc2ccc(N3CCCCC3)cc2)nc1NC1CC1. The molecule has 9 heteroatoms. The molecule has 2 aromatic rings. The van der Waals surface area contributed by atoms with E-state index in [1.165, 1.54) is 36.0 Å². The number of rotatable bonds is 7. The second-order valence-corrected chi connectivity index (χ2v) is 8.03. The van der Waals surface area contributed by atoms with Crippen molar-refractivity contribution in [3.05, 3.63) is 36.0 Å². The van der Waals surface area contributed by atoms with Crippen molar-refractivity contribution in [3.8, 4) is 0 Å². The van der Waals surface area contributed by atoms with Crippen LogP contribution in [0.1, 0.15) is 42.5 Å². The first-order valence-corrected chi connectivity index (χ1v) is 10.6. The number of hydrogen-bond donors (Lipinski definition) is 3. The molecule has 2 aliphatic rings. The van der Waals surface area contributed by atoms with Crippen LogP contribution in [0.4, 0.5) is 23.1 Å². The van der Waals surface area contributed by atoms with E-state index in [2.05, 4.69) is 37.6 Å². The Morgan fingerprint density at radius 2 is 1.81 bits per heavy atom.